The van der Waals surface area contributed by atoms with Crippen LogP contribution in [0.15, 0.2) is 28.7 Å². The highest BCUT2D eigenvalue weighted by atomic mass is 79.9. The van der Waals surface area contributed by atoms with E-state index in [2.05, 4.69) is 21.0 Å². The third-order valence-corrected chi connectivity index (χ3v) is 3.73. The Bertz CT molecular complexity index is 638. The second-order valence-electron chi connectivity index (χ2n) is 4.37. The molecule has 0 spiro atoms. The van der Waals surface area contributed by atoms with Crippen molar-refractivity contribution in [1.82, 2.24) is 9.78 Å². The summed E-state index contributed by atoms with van der Waals surface area (Å²) in [5.74, 6) is -1.07. The van der Waals surface area contributed by atoms with Crippen LogP contribution in [0.1, 0.15) is 35.9 Å². The molecule has 0 aliphatic carbocycles. The fourth-order valence-electron chi connectivity index (χ4n) is 1.85. The number of halogens is 2. The van der Waals surface area contributed by atoms with Crippen molar-refractivity contribution < 1.29 is 9.90 Å². The SMILES string of the molecule is CC(C)c1c(Cl)c(C(=O)O)nn1-c1ccccc1Br. The highest BCUT2D eigenvalue weighted by Crippen LogP contribution is 2.32. The maximum absolute atomic E-state index is 11.2. The lowest BCUT2D eigenvalue weighted by Crippen LogP contribution is -2.05. The van der Waals surface area contributed by atoms with E-state index in [4.69, 9.17) is 16.7 Å². The Labute approximate surface area is 124 Å². The lowest BCUT2D eigenvalue weighted by Gasteiger charge is -2.11. The first kappa shape index (κ1) is 14.1. The smallest absolute Gasteiger partial charge is 0.358 e. The number of aromatic nitrogens is 2. The van der Waals surface area contributed by atoms with Gasteiger partial charge in [-0.25, -0.2) is 9.48 Å². The summed E-state index contributed by atoms with van der Waals surface area (Å²) in [5.41, 5.74) is 1.33. The van der Waals surface area contributed by atoms with Crippen LogP contribution in [0.2, 0.25) is 5.02 Å². The van der Waals surface area contributed by atoms with Crippen LogP contribution in [0.4, 0.5) is 0 Å². The maximum Gasteiger partial charge on any atom is 0.358 e. The molecule has 0 unspecified atom stereocenters. The fraction of sp³-hybridized carbons (Fsp3) is 0.231. The highest BCUT2D eigenvalue weighted by Gasteiger charge is 2.24. The van der Waals surface area contributed by atoms with E-state index in [0.29, 0.717) is 5.69 Å². The van der Waals surface area contributed by atoms with Gasteiger partial charge >= 0.3 is 5.97 Å². The summed E-state index contributed by atoms with van der Waals surface area (Å²) in [6, 6.07) is 7.46. The van der Waals surface area contributed by atoms with E-state index >= 15 is 0 Å². The summed E-state index contributed by atoms with van der Waals surface area (Å²) in [5, 5.41) is 13.4. The van der Waals surface area contributed by atoms with Crippen molar-refractivity contribution in [2.45, 2.75) is 19.8 Å². The molecule has 0 aliphatic rings. The number of aromatic carboxylic acids is 1. The lowest BCUT2D eigenvalue weighted by atomic mass is 10.1. The zero-order valence-electron chi connectivity index (χ0n) is 10.4. The molecule has 0 radical (unpaired) electrons. The number of hydrogen-bond donors (Lipinski definition) is 1. The van der Waals surface area contributed by atoms with Gasteiger partial charge in [0, 0.05) is 4.47 Å². The number of nitrogens with zero attached hydrogens (tertiary/aromatic N) is 2. The van der Waals surface area contributed by atoms with E-state index < -0.39 is 5.97 Å². The fourth-order valence-corrected chi connectivity index (χ4v) is 2.72. The second-order valence-corrected chi connectivity index (χ2v) is 5.60. The van der Waals surface area contributed by atoms with Crippen LogP contribution in [0, 0.1) is 0 Å². The van der Waals surface area contributed by atoms with Gasteiger partial charge in [-0.1, -0.05) is 37.6 Å². The summed E-state index contributed by atoms with van der Waals surface area (Å²) in [4.78, 5) is 11.2. The predicted molar refractivity (Wildman–Crippen MR) is 77.3 cm³/mol. The standard InChI is InChI=1S/C13H12BrClN2O2/c1-7(2)12-10(15)11(13(18)19)16-17(12)9-6-4-3-5-8(9)14/h3-7H,1-2H3,(H,18,19). The molecule has 1 heterocycles. The molecule has 1 aromatic heterocycles. The average Bonchev–Trinajstić information content (AvgIpc) is 2.67. The van der Waals surface area contributed by atoms with Crippen molar-refractivity contribution in [2.24, 2.45) is 0 Å². The molecule has 1 aromatic carbocycles. The number of carboxylic acids is 1. The molecule has 2 aromatic rings. The molecule has 0 bridgehead atoms. The van der Waals surface area contributed by atoms with Crippen LogP contribution in [-0.4, -0.2) is 20.9 Å². The molecule has 19 heavy (non-hydrogen) atoms. The molecule has 100 valence electrons. The summed E-state index contributed by atoms with van der Waals surface area (Å²) in [6.45, 7) is 3.89. The first-order valence-corrected chi connectivity index (χ1v) is 6.87. The van der Waals surface area contributed by atoms with Crippen molar-refractivity contribution in [3.8, 4) is 5.69 Å². The van der Waals surface area contributed by atoms with E-state index in [0.717, 1.165) is 10.2 Å². The molecule has 0 fully saturated rings. The van der Waals surface area contributed by atoms with E-state index in [1.54, 1.807) is 4.68 Å². The molecule has 0 aliphatic heterocycles. The Kier molecular flexibility index (Phi) is 3.96. The molecule has 0 atom stereocenters. The van der Waals surface area contributed by atoms with Crippen molar-refractivity contribution >= 4 is 33.5 Å². The van der Waals surface area contributed by atoms with Crippen LogP contribution in [0.3, 0.4) is 0 Å². The van der Waals surface area contributed by atoms with E-state index in [1.165, 1.54) is 0 Å². The van der Waals surface area contributed by atoms with Crippen LogP contribution in [-0.2, 0) is 0 Å². The number of carbonyl (C=O) groups is 1. The van der Waals surface area contributed by atoms with Crippen molar-refractivity contribution in [3.63, 3.8) is 0 Å². The van der Waals surface area contributed by atoms with Gasteiger partial charge in [-0.3, -0.25) is 0 Å². The Morgan fingerprint density at radius 1 is 1.42 bits per heavy atom. The lowest BCUT2D eigenvalue weighted by molar-refractivity contribution is 0.0690. The van der Waals surface area contributed by atoms with Crippen molar-refractivity contribution in [1.29, 1.82) is 0 Å². The number of hydrogen-bond acceptors (Lipinski definition) is 2. The minimum absolute atomic E-state index is 0.0557. The predicted octanol–water partition coefficient (Wildman–Crippen LogP) is 4.11. The minimum atomic E-state index is -1.13. The number of benzene rings is 1. The zero-order chi connectivity index (χ0) is 14.2. The third-order valence-electron chi connectivity index (χ3n) is 2.69. The highest BCUT2D eigenvalue weighted by molar-refractivity contribution is 9.10. The average molecular weight is 344 g/mol. The molecule has 6 heteroatoms. The third kappa shape index (κ3) is 2.53. The van der Waals surface area contributed by atoms with Gasteiger partial charge in [-0.05, 0) is 34.0 Å². The van der Waals surface area contributed by atoms with E-state index in [-0.39, 0.29) is 16.6 Å². The van der Waals surface area contributed by atoms with Crippen LogP contribution < -0.4 is 0 Å². The molecule has 0 saturated carbocycles. The van der Waals surface area contributed by atoms with Crippen molar-refractivity contribution in [2.75, 3.05) is 0 Å². The molecule has 1 N–H and O–H groups in total. The number of carboxylic acid groups (broad SMARTS) is 1. The van der Waals surface area contributed by atoms with Crippen LogP contribution in [0.25, 0.3) is 5.69 Å². The van der Waals surface area contributed by atoms with Crippen LogP contribution >= 0.6 is 27.5 Å². The van der Waals surface area contributed by atoms with Gasteiger partial charge in [0.2, 0.25) is 0 Å². The molecule has 2 rings (SSSR count). The Morgan fingerprint density at radius 2 is 2.05 bits per heavy atom. The summed E-state index contributed by atoms with van der Waals surface area (Å²) in [6.07, 6.45) is 0. The Hall–Kier alpha value is -1.33. The maximum atomic E-state index is 11.2. The topological polar surface area (TPSA) is 55.1 Å². The Balaban J connectivity index is 2.73. The quantitative estimate of drug-likeness (QED) is 0.912. The number of rotatable bonds is 3. The normalized spacial score (nSPS) is 11.0. The number of para-hydroxylation sites is 1. The molecule has 4 nitrogen and oxygen atoms in total. The Morgan fingerprint density at radius 3 is 2.58 bits per heavy atom. The zero-order valence-corrected chi connectivity index (χ0v) is 12.7. The monoisotopic (exact) mass is 342 g/mol. The first-order chi connectivity index (χ1) is 8.93. The van der Waals surface area contributed by atoms with Gasteiger partial charge in [0.25, 0.3) is 0 Å². The minimum Gasteiger partial charge on any atom is -0.476 e. The van der Waals surface area contributed by atoms with Gasteiger partial charge in [0.05, 0.1) is 16.4 Å². The van der Waals surface area contributed by atoms with Gasteiger partial charge in [-0.15, -0.1) is 0 Å². The van der Waals surface area contributed by atoms with Crippen molar-refractivity contribution in [3.05, 3.63) is 45.1 Å². The molecular formula is C13H12BrClN2O2. The van der Waals surface area contributed by atoms with E-state index in [9.17, 15) is 4.79 Å². The van der Waals surface area contributed by atoms with Crippen LogP contribution in [0.5, 0.6) is 0 Å². The van der Waals surface area contributed by atoms with E-state index in [1.807, 2.05) is 38.1 Å². The molecule has 0 saturated heterocycles. The van der Waals surface area contributed by atoms with Gasteiger partial charge in [-0.2, -0.15) is 5.10 Å². The van der Waals surface area contributed by atoms with Gasteiger partial charge in [0.1, 0.15) is 0 Å². The largest absolute Gasteiger partial charge is 0.476 e. The second kappa shape index (κ2) is 5.35. The summed E-state index contributed by atoms with van der Waals surface area (Å²) < 4.78 is 2.41. The first-order valence-electron chi connectivity index (χ1n) is 5.70. The molecular weight excluding hydrogens is 332 g/mol. The van der Waals surface area contributed by atoms with Gasteiger partial charge in [0.15, 0.2) is 5.69 Å². The van der Waals surface area contributed by atoms with Gasteiger partial charge < -0.3 is 5.11 Å². The molecule has 0 amide bonds. The summed E-state index contributed by atoms with van der Waals surface area (Å²) in [7, 11) is 0. The summed E-state index contributed by atoms with van der Waals surface area (Å²) >= 11 is 9.58.